The van der Waals surface area contributed by atoms with E-state index in [1.807, 2.05) is 48.7 Å². The van der Waals surface area contributed by atoms with Crippen LogP contribution in [-0.4, -0.2) is 15.7 Å². The number of hydrogen-bond donors (Lipinski definition) is 1. The molecule has 0 atom stereocenters. The van der Waals surface area contributed by atoms with Gasteiger partial charge in [-0.15, -0.1) is 12.4 Å². The number of aromatic nitrogens is 2. The summed E-state index contributed by atoms with van der Waals surface area (Å²) in [6.07, 6.45) is 2.91. The van der Waals surface area contributed by atoms with Crippen molar-refractivity contribution in [1.82, 2.24) is 14.5 Å². The van der Waals surface area contributed by atoms with Crippen LogP contribution < -0.4 is 10.9 Å². The highest BCUT2D eigenvalue weighted by atomic mass is 35.5. The Morgan fingerprint density at radius 1 is 0.964 bits per heavy atom. The van der Waals surface area contributed by atoms with Gasteiger partial charge in [-0.25, -0.2) is 0 Å². The Labute approximate surface area is 169 Å². The van der Waals surface area contributed by atoms with Crippen molar-refractivity contribution in [2.24, 2.45) is 7.05 Å². The summed E-state index contributed by atoms with van der Waals surface area (Å²) >= 11 is 0. The van der Waals surface area contributed by atoms with Crippen molar-refractivity contribution in [3.8, 4) is 16.8 Å². The predicted molar refractivity (Wildman–Crippen MR) is 117 cm³/mol. The lowest BCUT2D eigenvalue weighted by molar-refractivity contribution is 0.622. The summed E-state index contributed by atoms with van der Waals surface area (Å²) in [4.78, 5) is 12.8. The van der Waals surface area contributed by atoms with Crippen molar-refractivity contribution in [2.45, 2.75) is 13.0 Å². The van der Waals surface area contributed by atoms with Gasteiger partial charge in [0.15, 0.2) is 0 Å². The van der Waals surface area contributed by atoms with Crippen LogP contribution in [0.25, 0.3) is 27.7 Å². The first-order chi connectivity index (χ1) is 13.2. The molecule has 0 amide bonds. The van der Waals surface area contributed by atoms with Crippen molar-refractivity contribution in [3.05, 3.63) is 88.5 Å². The van der Waals surface area contributed by atoms with Gasteiger partial charge < -0.3 is 9.88 Å². The maximum absolute atomic E-state index is 12.8. The molecular weight excluding hydrogens is 370 g/mol. The molecule has 0 saturated carbocycles. The Morgan fingerprint density at radius 2 is 1.79 bits per heavy atom. The van der Waals surface area contributed by atoms with E-state index < -0.39 is 0 Å². The molecular formula is C23H22ClN3O. The molecule has 3 heterocycles. The number of nitrogens with one attached hydrogen (secondary N) is 1. The summed E-state index contributed by atoms with van der Waals surface area (Å²) in [5.41, 5.74) is 6.84. The van der Waals surface area contributed by atoms with Crippen LogP contribution in [0.2, 0.25) is 0 Å². The lowest BCUT2D eigenvalue weighted by Crippen LogP contribution is -2.24. The van der Waals surface area contributed by atoms with Gasteiger partial charge in [0.2, 0.25) is 0 Å². The van der Waals surface area contributed by atoms with Crippen LogP contribution in [0.5, 0.6) is 0 Å². The van der Waals surface area contributed by atoms with E-state index in [0.717, 1.165) is 36.3 Å². The number of aryl methyl sites for hydroxylation is 1. The van der Waals surface area contributed by atoms with Gasteiger partial charge in [-0.1, -0.05) is 36.4 Å². The fourth-order valence-electron chi connectivity index (χ4n) is 4.14. The molecule has 28 heavy (non-hydrogen) atoms. The van der Waals surface area contributed by atoms with Crippen LogP contribution in [-0.2, 0) is 20.0 Å². The predicted octanol–water partition coefficient (Wildman–Crippen LogP) is 4.06. The standard InChI is InChI=1S/C23H21N3O.ClH/c1-25-21-9-11-24-15-20(21)19-8-7-18(14-22(19)25)26-12-10-17(13-23(26)27)16-5-3-2-4-6-16;/h2-8,10,12-14,24H,9,11,15H2,1H3;1H. The van der Waals surface area contributed by atoms with Crippen LogP contribution in [0.1, 0.15) is 11.3 Å². The van der Waals surface area contributed by atoms with Gasteiger partial charge in [0, 0.05) is 49.9 Å². The second-order valence-electron chi connectivity index (χ2n) is 7.10. The third kappa shape index (κ3) is 2.95. The number of benzene rings is 2. The first-order valence-corrected chi connectivity index (χ1v) is 9.32. The van der Waals surface area contributed by atoms with Crippen molar-refractivity contribution < 1.29 is 0 Å². The quantitative estimate of drug-likeness (QED) is 0.559. The number of hydrogen-bond acceptors (Lipinski definition) is 2. The number of halogens is 1. The Hall–Kier alpha value is -2.82. The summed E-state index contributed by atoms with van der Waals surface area (Å²) in [5, 5.41) is 4.73. The molecule has 0 saturated heterocycles. The Bertz CT molecular complexity index is 1210. The number of rotatable bonds is 2. The van der Waals surface area contributed by atoms with Gasteiger partial charge in [0.25, 0.3) is 5.56 Å². The van der Waals surface area contributed by atoms with E-state index in [1.165, 1.54) is 22.2 Å². The van der Waals surface area contributed by atoms with Crippen LogP contribution in [0.15, 0.2) is 71.7 Å². The summed E-state index contributed by atoms with van der Waals surface area (Å²) in [7, 11) is 2.12. The average molecular weight is 392 g/mol. The maximum Gasteiger partial charge on any atom is 0.255 e. The molecule has 0 unspecified atom stereocenters. The topological polar surface area (TPSA) is 39.0 Å². The van der Waals surface area contributed by atoms with Crippen LogP contribution in [0.4, 0.5) is 0 Å². The van der Waals surface area contributed by atoms with Gasteiger partial charge >= 0.3 is 0 Å². The van der Waals surface area contributed by atoms with E-state index in [0.29, 0.717) is 0 Å². The Morgan fingerprint density at radius 3 is 2.57 bits per heavy atom. The highest BCUT2D eigenvalue weighted by Crippen LogP contribution is 2.29. The largest absolute Gasteiger partial charge is 0.347 e. The Kier molecular flexibility index (Phi) is 4.84. The summed E-state index contributed by atoms with van der Waals surface area (Å²) < 4.78 is 3.99. The minimum Gasteiger partial charge on any atom is -0.347 e. The zero-order valence-corrected chi connectivity index (χ0v) is 16.5. The van der Waals surface area contributed by atoms with E-state index in [1.54, 1.807) is 10.6 Å². The monoisotopic (exact) mass is 391 g/mol. The molecule has 0 fully saturated rings. The van der Waals surface area contributed by atoms with Gasteiger partial charge in [-0.2, -0.15) is 0 Å². The third-order valence-electron chi connectivity index (χ3n) is 5.57. The number of nitrogens with zero attached hydrogens (tertiary/aromatic N) is 2. The molecule has 1 N–H and O–H groups in total. The fourth-order valence-corrected chi connectivity index (χ4v) is 4.14. The zero-order chi connectivity index (χ0) is 18.4. The molecule has 0 radical (unpaired) electrons. The van der Waals surface area contributed by atoms with Crippen molar-refractivity contribution in [3.63, 3.8) is 0 Å². The maximum atomic E-state index is 12.8. The van der Waals surface area contributed by atoms with E-state index in [2.05, 4.69) is 29.1 Å². The molecule has 5 heteroatoms. The fraction of sp³-hybridized carbons (Fsp3) is 0.174. The zero-order valence-electron chi connectivity index (χ0n) is 15.7. The molecule has 5 rings (SSSR count). The number of pyridine rings is 1. The van der Waals surface area contributed by atoms with Crippen LogP contribution in [0.3, 0.4) is 0 Å². The lowest BCUT2D eigenvalue weighted by atomic mass is 10.1. The summed E-state index contributed by atoms with van der Waals surface area (Å²) in [6, 6.07) is 20.0. The summed E-state index contributed by atoms with van der Waals surface area (Å²) in [6.45, 7) is 1.93. The van der Waals surface area contributed by atoms with Gasteiger partial charge in [-0.3, -0.25) is 9.36 Å². The van der Waals surface area contributed by atoms with Crippen molar-refractivity contribution in [1.29, 1.82) is 0 Å². The highest BCUT2D eigenvalue weighted by molar-refractivity contribution is 5.87. The molecule has 4 aromatic rings. The third-order valence-corrected chi connectivity index (χ3v) is 5.57. The van der Waals surface area contributed by atoms with E-state index in [-0.39, 0.29) is 18.0 Å². The first-order valence-electron chi connectivity index (χ1n) is 9.32. The second kappa shape index (κ2) is 7.30. The van der Waals surface area contributed by atoms with Crippen LogP contribution >= 0.6 is 12.4 Å². The minimum absolute atomic E-state index is 0. The van der Waals surface area contributed by atoms with Gasteiger partial charge in [-0.05, 0) is 34.9 Å². The van der Waals surface area contributed by atoms with Gasteiger partial charge in [0.1, 0.15) is 0 Å². The van der Waals surface area contributed by atoms with Crippen LogP contribution in [0, 0.1) is 0 Å². The SMILES string of the molecule is Cl.Cn1c2c(c3ccc(-n4ccc(-c5ccccc5)cc4=O)cc31)CNCC2. The molecule has 1 aliphatic rings. The highest BCUT2D eigenvalue weighted by Gasteiger charge is 2.18. The smallest absolute Gasteiger partial charge is 0.255 e. The van der Waals surface area contributed by atoms with E-state index in [4.69, 9.17) is 0 Å². The normalized spacial score (nSPS) is 13.2. The summed E-state index contributed by atoms with van der Waals surface area (Å²) in [5.74, 6) is 0. The van der Waals surface area contributed by atoms with Crippen molar-refractivity contribution in [2.75, 3.05) is 6.54 Å². The molecule has 4 nitrogen and oxygen atoms in total. The molecule has 2 aromatic heterocycles. The Balaban J connectivity index is 0.00000192. The van der Waals surface area contributed by atoms with Crippen molar-refractivity contribution >= 4 is 23.3 Å². The minimum atomic E-state index is -0.0173. The van der Waals surface area contributed by atoms with E-state index in [9.17, 15) is 4.79 Å². The molecule has 0 bridgehead atoms. The lowest BCUT2D eigenvalue weighted by Gasteiger charge is -2.14. The molecule has 142 valence electrons. The molecule has 1 aliphatic heterocycles. The van der Waals surface area contributed by atoms with Gasteiger partial charge in [0.05, 0.1) is 11.2 Å². The van der Waals surface area contributed by atoms with E-state index >= 15 is 0 Å². The second-order valence-corrected chi connectivity index (χ2v) is 7.10. The molecule has 0 aliphatic carbocycles. The molecule has 2 aromatic carbocycles. The first kappa shape index (κ1) is 18.5. The average Bonchev–Trinajstić information content (AvgIpc) is 3.01. The number of fused-ring (bicyclic) bond motifs is 3. The molecule has 0 spiro atoms.